The molecule has 0 atom stereocenters. The van der Waals surface area contributed by atoms with E-state index in [0.29, 0.717) is 5.56 Å². The maximum atomic E-state index is 10.9. The molecule has 130 valence electrons. The van der Waals surface area contributed by atoms with Crippen molar-refractivity contribution in [2.75, 3.05) is 36.0 Å². The Morgan fingerprint density at radius 1 is 0.833 bits per heavy atom. The molecule has 1 heterocycles. The molecule has 0 radical (unpaired) electrons. The van der Waals surface area contributed by atoms with Crippen LogP contribution in [0.4, 0.5) is 11.4 Å². The molecule has 5 nitrogen and oxygen atoms in total. The van der Waals surface area contributed by atoms with Gasteiger partial charge < -0.3 is 20.0 Å². The number of carboxylic acid groups (broad SMARTS) is 1. The fourth-order valence-corrected chi connectivity index (χ4v) is 2.73. The first-order valence-corrected chi connectivity index (χ1v) is 7.26. The first-order chi connectivity index (χ1) is 10.6. The number of piperazine rings is 1. The van der Waals surface area contributed by atoms with Gasteiger partial charge in [-0.15, -0.1) is 34.0 Å². The highest BCUT2D eigenvalue weighted by Gasteiger charge is 2.18. The van der Waals surface area contributed by atoms with Gasteiger partial charge in [0.25, 0.3) is 0 Å². The Morgan fingerprint density at radius 3 is 1.88 bits per heavy atom. The standard InChI is InChI=1S/C17H18N2O3.2BrH/c20-16-3-1-2-15(12-16)19-10-8-18(9-11-19)14-6-4-13(5-7-14)17(21)22;;/h1-7,12,20H,8-11H2,(H,21,22);2*1H. The SMILES string of the molecule is Br.Br.O=C(O)c1ccc(N2CCN(c3cccc(O)c3)CC2)cc1. The summed E-state index contributed by atoms with van der Waals surface area (Å²) in [6.07, 6.45) is 0. The van der Waals surface area contributed by atoms with Gasteiger partial charge in [0.2, 0.25) is 0 Å². The van der Waals surface area contributed by atoms with E-state index in [0.717, 1.165) is 37.6 Å². The number of nitrogens with zero attached hydrogens (tertiary/aromatic N) is 2. The molecule has 1 aliphatic heterocycles. The molecule has 2 N–H and O–H groups in total. The van der Waals surface area contributed by atoms with Crippen molar-refractivity contribution in [3.05, 3.63) is 54.1 Å². The van der Waals surface area contributed by atoms with E-state index in [1.54, 1.807) is 24.3 Å². The van der Waals surface area contributed by atoms with Crippen molar-refractivity contribution in [3.8, 4) is 5.75 Å². The predicted octanol–water partition coefficient (Wildman–Crippen LogP) is 3.57. The number of aromatic hydroxyl groups is 1. The van der Waals surface area contributed by atoms with E-state index in [1.165, 1.54) is 0 Å². The van der Waals surface area contributed by atoms with Crippen LogP contribution in [0.1, 0.15) is 10.4 Å². The Kier molecular flexibility index (Phi) is 7.57. The summed E-state index contributed by atoms with van der Waals surface area (Å²) in [6.45, 7) is 3.46. The zero-order chi connectivity index (χ0) is 15.5. The normalized spacial score (nSPS) is 13.7. The first-order valence-electron chi connectivity index (χ1n) is 7.26. The van der Waals surface area contributed by atoms with Gasteiger partial charge in [-0.05, 0) is 36.4 Å². The molecule has 2 aromatic carbocycles. The highest BCUT2D eigenvalue weighted by Crippen LogP contribution is 2.23. The minimum atomic E-state index is -0.903. The lowest BCUT2D eigenvalue weighted by molar-refractivity contribution is 0.0697. The molecular weight excluding hydrogens is 440 g/mol. The monoisotopic (exact) mass is 458 g/mol. The van der Waals surface area contributed by atoms with Gasteiger partial charge in [0.15, 0.2) is 0 Å². The molecule has 3 rings (SSSR count). The van der Waals surface area contributed by atoms with Crippen LogP contribution in [0, 0.1) is 0 Å². The summed E-state index contributed by atoms with van der Waals surface area (Å²) in [6, 6.07) is 14.3. The topological polar surface area (TPSA) is 64.0 Å². The third-order valence-corrected chi connectivity index (χ3v) is 3.95. The quantitative estimate of drug-likeness (QED) is 0.734. The van der Waals surface area contributed by atoms with Gasteiger partial charge in [-0.2, -0.15) is 0 Å². The number of hydrogen-bond donors (Lipinski definition) is 2. The average Bonchev–Trinajstić information content (AvgIpc) is 2.55. The van der Waals surface area contributed by atoms with Gasteiger partial charge >= 0.3 is 5.97 Å². The van der Waals surface area contributed by atoms with Crippen LogP contribution in [0.5, 0.6) is 5.75 Å². The molecule has 0 saturated carbocycles. The maximum absolute atomic E-state index is 10.9. The molecule has 24 heavy (non-hydrogen) atoms. The van der Waals surface area contributed by atoms with E-state index in [4.69, 9.17) is 5.11 Å². The third kappa shape index (κ3) is 4.64. The minimum absolute atomic E-state index is 0. The summed E-state index contributed by atoms with van der Waals surface area (Å²) in [7, 11) is 0. The number of rotatable bonds is 3. The van der Waals surface area contributed by atoms with Crippen molar-refractivity contribution < 1.29 is 15.0 Å². The van der Waals surface area contributed by atoms with E-state index in [2.05, 4.69) is 9.80 Å². The largest absolute Gasteiger partial charge is 0.508 e. The second kappa shape index (κ2) is 8.94. The number of benzene rings is 2. The van der Waals surface area contributed by atoms with E-state index in [1.807, 2.05) is 24.3 Å². The summed E-state index contributed by atoms with van der Waals surface area (Å²) in [4.78, 5) is 15.4. The van der Waals surface area contributed by atoms with Crippen LogP contribution in [-0.2, 0) is 0 Å². The van der Waals surface area contributed by atoms with Crippen molar-refractivity contribution in [1.29, 1.82) is 0 Å². The number of aromatic carboxylic acids is 1. The van der Waals surface area contributed by atoms with Crippen LogP contribution < -0.4 is 9.80 Å². The zero-order valence-electron chi connectivity index (χ0n) is 13.0. The zero-order valence-corrected chi connectivity index (χ0v) is 16.4. The molecular formula is C17H20Br2N2O3. The Morgan fingerprint density at radius 2 is 1.38 bits per heavy atom. The number of anilines is 2. The minimum Gasteiger partial charge on any atom is -0.508 e. The van der Waals surface area contributed by atoms with Crippen LogP contribution >= 0.6 is 34.0 Å². The molecule has 0 spiro atoms. The number of phenolic OH excluding ortho intramolecular Hbond substituents is 1. The number of hydrogen-bond acceptors (Lipinski definition) is 4. The molecule has 0 bridgehead atoms. The molecule has 1 fully saturated rings. The van der Waals surface area contributed by atoms with Crippen LogP contribution in [0.25, 0.3) is 0 Å². The summed E-state index contributed by atoms with van der Waals surface area (Å²) in [5.41, 5.74) is 2.38. The van der Waals surface area contributed by atoms with E-state index in [-0.39, 0.29) is 39.7 Å². The van der Waals surface area contributed by atoms with Gasteiger partial charge in [0.05, 0.1) is 5.56 Å². The van der Waals surface area contributed by atoms with Gasteiger partial charge in [0.1, 0.15) is 5.75 Å². The van der Waals surface area contributed by atoms with Crippen molar-refractivity contribution in [3.63, 3.8) is 0 Å². The highest BCUT2D eigenvalue weighted by atomic mass is 79.9. The molecule has 0 amide bonds. The fourth-order valence-electron chi connectivity index (χ4n) is 2.73. The third-order valence-electron chi connectivity index (χ3n) is 3.95. The van der Waals surface area contributed by atoms with Gasteiger partial charge in [-0.1, -0.05) is 6.07 Å². The van der Waals surface area contributed by atoms with E-state index in [9.17, 15) is 9.90 Å². The van der Waals surface area contributed by atoms with Crippen LogP contribution in [0.15, 0.2) is 48.5 Å². The number of halogens is 2. The first kappa shape index (κ1) is 20.3. The molecule has 7 heteroatoms. The summed E-state index contributed by atoms with van der Waals surface area (Å²) < 4.78 is 0. The van der Waals surface area contributed by atoms with E-state index < -0.39 is 5.97 Å². The lowest BCUT2D eigenvalue weighted by atomic mass is 10.1. The van der Waals surface area contributed by atoms with Crippen molar-refractivity contribution in [2.24, 2.45) is 0 Å². The van der Waals surface area contributed by atoms with Crippen LogP contribution in [-0.4, -0.2) is 42.4 Å². The Balaban J connectivity index is 0.00000144. The predicted molar refractivity (Wildman–Crippen MR) is 107 cm³/mol. The smallest absolute Gasteiger partial charge is 0.335 e. The lowest BCUT2D eigenvalue weighted by Crippen LogP contribution is -2.46. The number of phenols is 1. The Hall–Kier alpha value is -1.73. The molecule has 2 aromatic rings. The van der Waals surface area contributed by atoms with Crippen molar-refractivity contribution >= 4 is 51.3 Å². The van der Waals surface area contributed by atoms with E-state index >= 15 is 0 Å². The van der Waals surface area contributed by atoms with Crippen molar-refractivity contribution in [1.82, 2.24) is 0 Å². The Bertz CT molecular complexity index is 672. The fraction of sp³-hybridized carbons (Fsp3) is 0.235. The Labute approximate surface area is 162 Å². The molecule has 1 saturated heterocycles. The number of carboxylic acids is 1. The van der Waals surface area contributed by atoms with Gasteiger partial charge in [0, 0.05) is 43.6 Å². The van der Waals surface area contributed by atoms with Crippen molar-refractivity contribution in [2.45, 2.75) is 0 Å². The highest BCUT2D eigenvalue weighted by molar-refractivity contribution is 8.93. The summed E-state index contributed by atoms with van der Waals surface area (Å²) in [5, 5.41) is 18.5. The van der Waals surface area contributed by atoms with Gasteiger partial charge in [-0.25, -0.2) is 4.79 Å². The lowest BCUT2D eigenvalue weighted by Gasteiger charge is -2.37. The van der Waals surface area contributed by atoms with Crippen LogP contribution in [0.2, 0.25) is 0 Å². The summed E-state index contributed by atoms with van der Waals surface area (Å²) >= 11 is 0. The van der Waals surface area contributed by atoms with Gasteiger partial charge in [-0.3, -0.25) is 0 Å². The maximum Gasteiger partial charge on any atom is 0.335 e. The molecule has 0 aromatic heterocycles. The second-order valence-corrected chi connectivity index (χ2v) is 5.35. The summed E-state index contributed by atoms with van der Waals surface area (Å²) in [5.74, 6) is -0.621. The second-order valence-electron chi connectivity index (χ2n) is 5.35. The molecule has 0 aliphatic carbocycles. The number of carbonyl (C=O) groups is 1. The van der Waals surface area contributed by atoms with Crippen LogP contribution in [0.3, 0.4) is 0 Å². The molecule has 0 unspecified atom stereocenters. The average molecular weight is 460 g/mol. The molecule has 1 aliphatic rings.